The summed E-state index contributed by atoms with van der Waals surface area (Å²) in [6.45, 7) is 4.21. The molecule has 2 N–H and O–H groups in total. The predicted molar refractivity (Wildman–Crippen MR) is 86.3 cm³/mol. The Hall–Kier alpha value is -1.83. The van der Waals surface area contributed by atoms with Gasteiger partial charge in [-0.05, 0) is 37.8 Å². The van der Waals surface area contributed by atoms with Crippen LogP contribution in [0.2, 0.25) is 0 Å². The summed E-state index contributed by atoms with van der Waals surface area (Å²) in [5.41, 5.74) is 2.75. The van der Waals surface area contributed by atoms with E-state index >= 15 is 0 Å². The molecule has 1 aliphatic heterocycles. The third kappa shape index (κ3) is 3.26. The molecular formula is C16H19N3O3S. The van der Waals surface area contributed by atoms with Crippen LogP contribution in [0.5, 0.6) is 0 Å². The molecule has 1 fully saturated rings. The molecule has 6 nitrogen and oxygen atoms in total. The molecule has 3 heterocycles. The van der Waals surface area contributed by atoms with Gasteiger partial charge in [0, 0.05) is 18.0 Å². The zero-order valence-corrected chi connectivity index (χ0v) is 13.8. The third-order valence-electron chi connectivity index (χ3n) is 4.24. The van der Waals surface area contributed by atoms with Crippen LogP contribution in [0.15, 0.2) is 24.5 Å². The first kappa shape index (κ1) is 16.0. The summed E-state index contributed by atoms with van der Waals surface area (Å²) in [5, 5.41) is 9.69. The van der Waals surface area contributed by atoms with Gasteiger partial charge in [-0.2, -0.15) is 0 Å². The summed E-state index contributed by atoms with van der Waals surface area (Å²) in [5.74, 6) is -0.117. The zero-order valence-electron chi connectivity index (χ0n) is 13.0. The van der Waals surface area contributed by atoms with Crippen molar-refractivity contribution in [2.75, 3.05) is 0 Å². The van der Waals surface area contributed by atoms with Crippen molar-refractivity contribution in [1.82, 2.24) is 15.4 Å². The highest BCUT2D eigenvalue weighted by Gasteiger charge is 2.31. The SMILES string of the molecule is CC1CCC(c2sc(-c3cccnc3)nc2C(=O)NO)OC1C. The van der Waals surface area contributed by atoms with E-state index in [0.29, 0.717) is 10.9 Å². The average molecular weight is 333 g/mol. The predicted octanol–water partition coefficient (Wildman–Crippen LogP) is 3.20. The van der Waals surface area contributed by atoms with Gasteiger partial charge in [0.1, 0.15) is 10.7 Å². The number of ether oxygens (including phenoxy) is 1. The van der Waals surface area contributed by atoms with E-state index in [1.54, 1.807) is 17.9 Å². The molecule has 3 atom stereocenters. The fourth-order valence-electron chi connectivity index (χ4n) is 2.68. The number of nitrogens with zero attached hydrogens (tertiary/aromatic N) is 2. The molecule has 2 aromatic heterocycles. The van der Waals surface area contributed by atoms with Crippen LogP contribution in [0.25, 0.3) is 10.6 Å². The Bertz CT molecular complexity index is 689. The molecule has 0 spiro atoms. The van der Waals surface area contributed by atoms with Crippen molar-refractivity contribution in [3.8, 4) is 10.6 Å². The summed E-state index contributed by atoms with van der Waals surface area (Å²) < 4.78 is 6.06. The van der Waals surface area contributed by atoms with Gasteiger partial charge in [0.15, 0.2) is 0 Å². The van der Waals surface area contributed by atoms with Gasteiger partial charge in [0.05, 0.1) is 17.1 Å². The Labute approximate surface area is 138 Å². The fourth-order valence-corrected chi connectivity index (χ4v) is 3.81. The first-order valence-electron chi connectivity index (χ1n) is 7.61. The van der Waals surface area contributed by atoms with Crippen molar-refractivity contribution >= 4 is 17.2 Å². The van der Waals surface area contributed by atoms with Crippen molar-refractivity contribution in [3.05, 3.63) is 35.1 Å². The molecule has 0 radical (unpaired) electrons. The molecule has 1 saturated heterocycles. The molecule has 0 aromatic carbocycles. The monoisotopic (exact) mass is 333 g/mol. The van der Waals surface area contributed by atoms with Crippen molar-refractivity contribution in [2.24, 2.45) is 5.92 Å². The molecule has 7 heteroatoms. The van der Waals surface area contributed by atoms with E-state index in [2.05, 4.69) is 16.9 Å². The van der Waals surface area contributed by atoms with Gasteiger partial charge in [-0.15, -0.1) is 11.3 Å². The number of amides is 1. The second kappa shape index (κ2) is 6.74. The average Bonchev–Trinajstić information content (AvgIpc) is 3.03. The van der Waals surface area contributed by atoms with Crippen LogP contribution < -0.4 is 5.48 Å². The van der Waals surface area contributed by atoms with Gasteiger partial charge in [0.25, 0.3) is 5.91 Å². The minimum absolute atomic E-state index is 0.128. The number of hydrogen-bond donors (Lipinski definition) is 2. The maximum absolute atomic E-state index is 12.0. The van der Waals surface area contributed by atoms with E-state index < -0.39 is 5.91 Å². The quantitative estimate of drug-likeness (QED) is 0.665. The van der Waals surface area contributed by atoms with Crippen molar-refractivity contribution in [1.29, 1.82) is 0 Å². The minimum atomic E-state index is -0.610. The first-order valence-corrected chi connectivity index (χ1v) is 8.42. The van der Waals surface area contributed by atoms with Crippen LogP contribution in [-0.4, -0.2) is 27.2 Å². The standard InChI is InChI=1S/C16H19N3O3S/c1-9-5-6-12(22-10(9)2)14-13(15(20)19-21)18-16(23-14)11-4-3-7-17-8-11/h3-4,7-10,12,21H,5-6H2,1-2H3,(H,19,20). The van der Waals surface area contributed by atoms with Gasteiger partial charge in [-0.25, -0.2) is 10.5 Å². The van der Waals surface area contributed by atoms with E-state index in [9.17, 15) is 4.79 Å². The molecular weight excluding hydrogens is 314 g/mol. The number of hydrogen-bond acceptors (Lipinski definition) is 6. The van der Waals surface area contributed by atoms with E-state index in [4.69, 9.17) is 9.94 Å². The van der Waals surface area contributed by atoms with Crippen molar-refractivity contribution < 1.29 is 14.7 Å². The molecule has 23 heavy (non-hydrogen) atoms. The molecule has 122 valence electrons. The maximum Gasteiger partial charge on any atom is 0.294 e. The number of pyridine rings is 1. The molecule has 2 aromatic rings. The Kier molecular flexibility index (Phi) is 4.70. The van der Waals surface area contributed by atoms with Gasteiger partial charge in [-0.1, -0.05) is 6.92 Å². The van der Waals surface area contributed by atoms with Gasteiger partial charge in [0.2, 0.25) is 0 Å². The molecule has 1 aliphatic rings. The lowest BCUT2D eigenvalue weighted by molar-refractivity contribution is -0.0694. The lowest BCUT2D eigenvalue weighted by atomic mass is 9.93. The Morgan fingerprint density at radius 2 is 2.26 bits per heavy atom. The van der Waals surface area contributed by atoms with Crippen LogP contribution in [0.1, 0.15) is 48.2 Å². The second-order valence-electron chi connectivity index (χ2n) is 5.80. The van der Waals surface area contributed by atoms with E-state index in [0.717, 1.165) is 23.3 Å². The Morgan fingerprint density at radius 3 is 2.91 bits per heavy atom. The van der Waals surface area contributed by atoms with E-state index in [1.165, 1.54) is 11.3 Å². The summed E-state index contributed by atoms with van der Waals surface area (Å²) in [6, 6.07) is 3.71. The first-order chi connectivity index (χ1) is 11.1. The molecule has 1 amide bonds. The van der Waals surface area contributed by atoms with E-state index in [-0.39, 0.29) is 17.9 Å². The number of carbonyl (C=O) groups is 1. The molecule has 0 aliphatic carbocycles. The summed E-state index contributed by atoms with van der Waals surface area (Å²) in [6.07, 6.45) is 5.22. The summed E-state index contributed by atoms with van der Waals surface area (Å²) >= 11 is 1.42. The summed E-state index contributed by atoms with van der Waals surface area (Å²) in [4.78, 5) is 21.2. The van der Waals surface area contributed by atoms with Crippen molar-refractivity contribution in [2.45, 2.75) is 38.9 Å². The number of carbonyl (C=O) groups excluding carboxylic acids is 1. The normalized spacial score (nSPS) is 24.4. The van der Waals surface area contributed by atoms with Gasteiger partial charge < -0.3 is 4.74 Å². The topological polar surface area (TPSA) is 84.3 Å². The minimum Gasteiger partial charge on any atom is -0.369 e. The molecule has 3 rings (SSSR count). The second-order valence-corrected chi connectivity index (χ2v) is 6.83. The van der Waals surface area contributed by atoms with E-state index in [1.807, 2.05) is 19.1 Å². The molecule has 0 bridgehead atoms. The van der Waals surface area contributed by atoms with Crippen LogP contribution >= 0.6 is 11.3 Å². The van der Waals surface area contributed by atoms with Crippen LogP contribution in [0.3, 0.4) is 0 Å². The number of thiazole rings is 1. The van der Waals surface area contributed by atoms with Gasteiger partial charge in [-0.3, -0.25) is 15.0 Å². The smallest absolute Gasteiger partial charge is 0.294 e. The number of aromatic nitrogens is 2. The maximum atomic E-state index is 12.0. The lowest BCUT2D eigenvalue weighted by Gasteiger charge is -2.32. The number of rotatable bonds is 3. The highest BCUT2D eigenvalue weighted by atomic mass is 32.1. The molecule has 0 saturated carbocycles. The highest BCUT2D eigenvalue weighted by Crippen LogP contribution is 2.40. The largest absolute Gasteiger partial charge is 0.369 e. The van der Waals surface area contributed by atoms with Crippen LogP contribution in [-0.2, 0) is 4.74 Å². The molecule has 3 unspecified atom stereocenters. The van der Waals surface area contributed by atoms with Gasteiger partial charge >= 0.3 is 0 Å². The van der Waals surface area contributed by atoms with Crippen molar-refractivity contribution in [3.63, 3.8) is 0 Å². The Morgan fingerprint density at radius 1 is 1.43 bits per heavy atom. The fraction of sp³-hybridized carbons (Fsp3) is 0.438. The van der Waals surface area contributed by atoms with Crippen LogP contribution in [0.4, 0.5) is 0 Å². The lowest BCUT2D eigenvalue weighted by Crippen LogP contribution is -2.28. The van der Waals surface area contributed by atoms with Crippen LogP contribution in [0, 0.1) is 5.92 Å². The highest BCUT2D eigenvalue weighted by molar-refractivity contribution is 7.15. The number of nitrogens with one attached hydrogen (secondary N) is 1. The Balaban J connectivity index is 1.98. The summed E-state index contributed by atoms with van der Waals surface area (Å²) in [7, 11) is 0. The zero-order chi connectivity index (χ0) is 16.4. The number of hydroxylamine groups is 1. The third-order valence-corrected chi connectivity index (χ3v) is 5.43.